The number of amides is 2. The van der Waals surface area contributed by atoms with Gasteiger partial charge in [0.2, 0.25) is 11.8 Å². The van der Waals surface area contributed by atoms with E-state index in [1.54, 1.807) is 17.3 Å². The van der Waals surface area contributed by atoms with Gasteiger partial charge in [0, 0.05) is 37.8 Å². The quantitative estimate of drug-likeness (QED) is 0.575. The topological polar surface area (TPSA) is 91.4 Å². The molecule has 1 unspecified atom stereocenters. The van der Waals surface area contributed by atoms with E-state index in [-0.39, 0.29) is 23.7 Å². The van der Waals surface area contributed by atoms with Gasteiger partial charge in [0.15, 0.2) is 0 Å². The van der Waals surface area contributed by atoms with E-state index in [0.29, 0.717) is 25.9 Å². The van der Waals surface area contributed by atoms with Crippen LogP contribution in [0.3, 0.4) is 0 Å². The summed E-state index contributed by atoms with van der Waals surface area (Å²) in [6.07, 6.45) is 7.19. The Kier molecular flexibility index (Phi) is 7.18. The van der Waals surface area contributed by atoms with Crippen LogP contribution in [0, 0.1) is 11.8 Å². The Bertz CT molecular complexity index is 1010. The van der Waals surface area contributed by atoms with Crippen LogP contribution in [0.25, 0.3) is 0 Å². The normalized spacial score (nSPS) is 21.2. The summed E-state index contributed by atoms with van der Waals surface area (Å²) >= 11 is 0. The second-order valence-corrected chi connectivity index (χ2v) is 9.11. The fourth-order valence-electron chi connectivity index (χ4n) is 4.80. The van der Waals surface area contributed by atoms with Crippen molar-refractivity contribution in [3.63, 3.8) is 0 Å². The van der Waals surface area contributed by atoms with E-state index in [9.17, 15) is 14.4 Å². The number of hydrogen-bond donors (Lipinski definition) is 2. The first-order valence-corrected chi connectivity index (χ1v) is 11.8. The summed E-state index contributed by atoms with van der Waals surface area (Å²) in [5.41, 5.74) is 3.99. The first-order valence-electron chi connectivity index (χ1n) is 11.8. The minimum atomic E-state index is -0.575. The van der Waals surface area contributed by atoms with Gasteiger partial charge in [-0.2, -0.15) is 0 Å². The number of aromatic nitrogens is 1. The Morgan fingerprint density at radius 1 is 1.24 bits per heavy atom. The SMILES string of the molecule is CC[C@H](C)C(C=O)CN[C@H]1CCc2cccc3c2N(C1=O)[C@H](C(=O)NCc1ccncc1)C3. The summed E-state index contributed by atoms with van der Waals surface area (Å²) in [5, 5.41) is 6.35. The summed E-state index contributed by atoms with van der Waals surface area (Å²) in [6.45, 7) is 4.97. The lowest BCUT2D eigenvalue weighted by molar-refractivity contribution is -0.127. The minimum absolute atomic E-state index is 0.0865. The Hall–Kier alpha value is -3.06. The van der Waals surface area contributed by atoms with Crippen LogP contribution in [-0.2, 0) is 33.8 Å². The number of carbonyl (C=O) groups is 3. The van der Waals surface area contributed by atoms with Crippen LogP contribution in [0.5, 0.6) is 0 Å². The van der Waals surface area contributed by atoms with Crippen molar-refractivity contribution in [3.8, 4) is 0 Å². The lowest BCUT2D eigenvalue weighted by atomic mass is 9.92. The maximum Gasteiger partial charge on any atom is 0.244 e. The maximum absolute atomic E-state index is 13.7. The van der Waals surface area contributed by atoms with Crippen LogP contribution in [0.15, 0.2) is 42.7 Å². The zero-order valence-corrected chi connectivity index (χ0v) is 19.3. The Morgan fingerprint density at radius 3 is 2.73 bits per heavy atom. The van der Waals surface area contributed by atoms with Crippen molar-refractivity contribution >= 4 is 23.8 Å². The number of carbonyl (C=O) groups excluding carboxylic acids is 3. The fourth-order valence-corrected chi connectivity index (χ4v) is 4.80. The van der Waals surface area contributed by atoms with Crippen LogP contribution in [-0.4, -0.2) is 41.7 Å². The lowest BCUT2D eigenvalue weighted by Gasteiger charge is -2.29. The number of aryl methyl sites for hydroxylation is 1. The van der Waals surface area contributed by atoms with E-state index < -0.39 is 12.1 Å². The van der Waals surface area contributed by atoms with Crippen molar-refractivity contribution in [2.24, 2.45) is 11.8 Å². The average Bonchev–Trinajstić information content (AvgIpc) is 3.18. The number of para-hydroxylation sites is 1. The number of anilines is 1. The summed E-state index contributed by atoms with van der Waals surface area (Å²) in [7, 11) is 0. The first-order chi connectivity index (χ1) is 16.0. The van der Waals surface area contributed by atoms with E-state index in [4.69, 9.17) is 0 Å². The standard InChI is InChI=1S/C26H32N4O3/c1-3-17(2)21(16-31)15-28-22-8-7-19-5-4-6-20-13-23(30(24(19)20)26(22)33)25(32)29-14-18-9-11-27-12-10-18/h4-6,9-12,16-17,21-23,28H,3,7-8,13-15H2,1-2H3,(H,29,32)/t17-,21?,22-,23-/m0/s1. The Balaban J connectivity index is 1.53. The smallest absolute Gasteiger partial charge is 0.244 e. The molecule has 1 aromatic carbocycles. The molecule has 174 valence electrons. The second-order valence-electron chi connectivity index (χ2n) is 9.11. The third-order valence-corrected chi connectivity index (χ3v) is 7.08. The molecule has 2 aliphatic heterocycles. The molecule has 0 saturated carbocycles. The van der Waals surface area contributed by atoms with Gasteiger partial charge >= 0.3 is 0 Å². The van der Waals surface area contributed by atoms with Crippen molar-refractivity contribution < 1.29 is 14.4 Å². The van der Waals surface area contributed by atoms with Crippen LogP contribution < -0.4 is 15.5 Å². The largest absolute Gasteiger partial charge is 0.350 e. The van der Waals surface area contributed by atoms with Gasteiger partial charge in [-0.15, -0.1) is 0 Å². The number of pyridine rings is 1. The summed E-state index contributed by atoms with van der Waals surface area (Å²) < 4.78 is 0. The number of nitrogens with zero attached hydrogens (tertiary/aromatic N) is 2. The molecule has 2 N–H and O–H groups in total. The van der Waals surface area contributed by atoms with E-state index in [2.05, 4.69) is 29.5 Å². The minimum Gasteiger partial charge on any atom is -0.350 e. The molecule has 3 heterocycles. The molecule has 33 heavy (non-hydrogen) atoms. The lowest BCUT2D eigenvalue weighted by Crippen LogP contribution is -2.54. The summed E-state index contributed by atoms with van der Waals surface area (Å²) in [5.74, 6) is -0.134. The number of hydrogen-bond acceptors (Lipinski definition) is 5. The highest BCUT2D eigenvalue weighted by molar-refractivity contribution is 6.06. The summed E-state index contributed by atoms with van der Waals surface area (Å²) in [4.78, 5) is 44.2. The predicted octanol–water partition coefficient (Wildman–Crippen LogP) is 2.42. The fraction of sp³-hybridized carbons (Fsp3) is 0.462. The van der Waals surface area contributed by atoms with E-state index >= 15 is 0 Å². The van der Waals surface area contributed by atoms with Crippen LogP contribution in [0.1, 0.15) is 43.4 Å². The molecule has 0 radical (unpaired) electrons. The molecule has 0 saturated heterocycles. The molecule has 7 heteroatoms. The molecule has 0 spiro atoms. The van der Waals surface area contributed by atoms with Gasteiger partial charge in [0.1, 0.15) is 12.3 Å². The van der Waals surface area contributed by atoms with E-state index in [0.717, 1.165) is 41.5 Å². The zero-order valence-electron chi connectivity index (χ0n) is 19.3. The maximum atomic E-state index is 13.7. The number of benzene rings is 1. The van der Waals surface area contributed by atoms with Gasteiger partial charge in [-0.05, 0) is 47.6 Å². The van der Waals surface area contributed by atoms with Crippen LogP contribution in [0.2, 0.25) is 0 Å². The molecule has 2 amide bonds. The van der Waals surface area contributed by atoms with E-state index in [1.165, 1.54) is 0 Å². The summed E-state index contributed by atoms with van der Waals surface area (Å²) in [6, 6.07) is 8.78. The third-order valence-electron chi connectivity index (χ3n) is 7.08. The van der Waals surface area contributed by atoms with Crippen molar-refractivity contribution in [2.45, 2.75) is 58.2 Å². The first kappa shape index (κ1) is 23.1. The zero-order chi connectivity index (χ0) is 23.4. The number of rotatable bonds is 9. The molecular formula is C26H32N4O3. The van der Waals surface area contributed by atoms with Gasteiger partial charge in [0.05, 0.1) is 11.7 Å². The van der Waals surface area contributed by atoms with Crippen molar-refractivity contribution in [3.05, 3.63) is 59.4 Å². The molecule has 0 aliphatic carbocycles. The molecule has 1 aromatic heterocycles. The number of nitrogens with one attached hydrogen (secondary N) is 2. The van der Waals surface area contributed by atoms with Crippen LogP contribution >= 0.6 is 0 Å². The Morgan fingerprint density at radius 2 is 2.00 bits per heavy atom. The highest BCUT2D eigenvalue weighted by Gasteiger charge is 2.43. The average molecular weight is 449 g/mol. The van der Waals surface area contributed by atoms with Crippen LogP contribution in [0.4, 0.5) is 5.69 Å². The predicted molar refractivity (Wildman–Crippen MR) is 127 cm³/mol. The van der Waals surface area contributed by atoms with Gasteiger partial charge in [-0.1, -0.05) is 38.5 Å². The van der Waals surface area contributed by atoms with Gasteiger partial charge in [-0.25, -0.2) is 0 Å². The van der Waals surface area contributed by atoms with Gasteiger partial charge in [0.25, 0.3) is 0 Å². The van der Waals surface area contributed by atoms with Gasteiger partial charge < -0.3 is 15.4 Å². The van der Waals surface area contributed by atoms with E-state index in [1.807, 2.05) is 30.3 Å². The monoisotopic (exact) mass is 448 g/mol. The molecule has 2 aromatic rings. The third kappa shape index (κ3) is 4.83. The molecular weight excluding hydrogens is 416 g/mol. The van der Waals surface area contributed by atoms with Crippen molar-refractivity contribution in [1.29, 1.82) is 0 Å². The van der Waals surface area contributed by atoms with Crippen molar-refractivity contribution in [1.82, 2.24) is 15.6 Å². The van der Waals surface area contributed by atoms with Gasteiger partial charge in [-0.3, -0.25) is 19.5 Å². The molecule has 4 rings (SSSR count). The molecule has 0 bridgehead atoms. The molecule has 2 aliphatic rings. The Labute approximate surface area is 195 Å². The highest BCUT2D eigenvalue weighted by Crippen LogP contribution is 2.39. The van der Waals surface area contributed by atoms with Crippen molar-refractivity contribution in [2.75, 3.05) is 11.4 Å². The second kappa shape index (κ2) is 10.3. The molecule has 0 fully saturated rings. The number of aldehydes is 1. The molecule has 4 atom stereocenters. The molecule has 7 nitrogen and oxygen atoms in total. The highest BCUT2D eigenvalue weighted by atomic mass is 16.2.